The van der Waals surface area contributed by atoms with Gasteiger partial charge in [-0.3, -0.25) is 9.36 Å². The number of nitrogens with zero attached hydrogens (tertiary/aromatic N) is 3. The summed E-state index contributed by atoms with van der Waals surface area (Å²) in [5.41, 5.74) is 2.66. The fourth-order valence-corrected chi connectivity index (χ4v) is 5.56. The first-order valence-electron chi connectivity index (χ1n) is 10.2. The van der Waals surface area contributed by atoms with Crippen LogP contribution in [0, 0.1) is 6.92 Å². The third kappa shape index (κ3) is 4.03. The highest BCUT2D eigenvalue weighted by Gasteiger charge is 2.33. The minimum atomic E-state index is -3.79. The fraction of sp³-hybridized carbons (Fsp3) is 0.364. The standard InChI is InChI=1S/C22H25N3O6S/c1-15-5-4-6-17(11-15)24-10-9-23(13-16(24)2)32(28,29)18-7-8-19-20(12-18)31-22(27)25(19)14-21(26)30-3/h4-8,11-12,16H,9-10,13-14H2,1-3H3. The molecule has 32 heavy (non-hydrogen) atoms. The van der Waals surface area contributed by atoms with Gasteiger partial charge in [0.2, 0.25) is 10.0 Å². The Morgan fingerprint density at radius 1 is 1.19 bits per heavy atom. The molecule has 0 saturated carbocycles. The molecule has 3 aromatic rings. The normalized spacial score (nSPS) is 17.6. The van der Waals surface area contributed by atoms with E-state index in [1.807, 2.05) is 32.0 Å². The molecule has 0 amide bonds. The molecule has 1 atom stereocenters. The van der Waals surface area contributed by atoms with Crippen molar-refractivity contribution in [2.75, 3.05) is 31.6 Å². The van der Waals surface area contributed by atoms with Gasteiger partial charge in [0.05, 0.1) is 17.5 Å². The molecule has 0 N–H and O–H groups in total. The first kappa shape index (κ1) is 22.1. The topological polar surface area (TPSA) is 102 Å². The summed E-state index contributed by atoms with van der Waals surface area (Å²) in [6.07, 6.45) is 0. The molecule has 1 aliphatic heterocycles. The molecule has 2 heterocycles. The van der Waals surface area contributed by atoms with Crippen LogP contribution in [0.1, 0.15) is 12.5 Å². The molecule has 0 radical (unpaired) electrons. The number of anilines is 1. The third-order valence-electron chi connectivity index (χ3n) is 5.72. The van der Waals surface area contributed by atoms with Gasteiger partial charge in [0, 0.05) is 37.4 Å². The number of carbonyl (C=O) groups is 1. The van der Waals surface area contributed by atoms with Gasteiger partial charge < -0.3 is 14.1 Å². The largest absolute Gasteiger partial charge is 0.468 e. The number of esters is 1. The van der Waals surface area contributed by atoms with Crippen molar-refractivity contribution in [1.82, 2.24) is 8.87 Å². The summed E-state index contributed by atoms with van der Waals surface area (Å²) < 4.78 is 38.9. The van der Waals surface area contributed by atoms with E-state index in [2.05, 4.69) is 15.7 Å². The number of ether oxygens (including phenoxy) is 1. The summed E-state index contributed by atoms with van der Waals surface area (Å²) in [6, 6.07) is 12.4. The summed E-state index contributed by atoms with van der Waals surface area (Å²) in [5.74, 6) is -1.35. The zero-order valence-corrected chi connectivity index (χ0v) is 19.0. The smallest absolute Gasteiger partial charge is 0.420 e. The number of piperazine rings is 1. The molecule has 1 unspecified atom stereocenters. The van der Waals surface area contributed by atoms with Crippen LogP contribution >= 0.6 is 0 Å². The summed E-state index contributed by atoms with van der Waals surface area (Å²) in [7, 11) is -2.57. The molecule has 0 aliphatic carbocycles. The lowest BCUT2D eigenvalue weighted by molar-refractivity contribution is -0.141. The second-order valence-electron chi connectivity index (χ2n) is 7.90. The monoisotopic (exact) mass is 459 g/mol. The van der Waals surface area contributed by atoms with Gasteiger partial charge in [0.1, 0.15) is 6.54 Å². The Bertz CT molecular complexity index is 1330. The summed E-state index contributed by atoms with van der Waals surface area (Å²) in [6.45, 7) is 4.96. The van der Waals surface area contributed by atoms with Gasteiger partial charge in [0.15, 0.2) is 5.58 Å². The Morgan fingerprint density at radius 2 is 1.97 bits per heavy atom. The molecular formula is C22H25N3O6S. The molecule has 1 fully saturated rings. The molecule has 1 aliphatic rings. The molecular weight excluding hydrogens is 434 g/mol. The van der Waals surface area contributed by atoms with Gasteiger partial charge in [-0.05, 0) is 43.7 Å². The predicted octanol–water partition coefficient (Wildman–Crippen LogP) is 1.98. The van der Waals surface area contributed by atoms with Crippen molar-refractivity contribution in [2.24, 2.45) is 0 Å². The number of sulfonamides is 1. The van der Waals surface area contributed by atoms with Gasteiger partial charge in [0.25, 0.3) is 0 Å². The number of benzene rings is 2. The third-order valence-corrected chi connectivity index (χ3v) is 7.58. The number of hydrogen-bond donors (Lipinski definition) is 0. The molecule has 170 valence electrons. The van der Waals surface area contributed by atoms with Crippen LogP contribution in [0.5, 0.6) is 0 Å². The van der Waals surface area contributed by atoms with Crippen LogP contribution in [0.2, 0.25) is 0 Å². The second kappa shape index (κ2) is 8.44. The number of carbonyl (C=O) groups excluding carboxylic acids is 1. The first-order valence-corrected chi connectivity index (χ1v) is 11.7. The quantitative estimate of drug-likeness (QED) is 0.538. The highest BCUT2D eigenvalue weighted by Crippen LogP contribution is 2.26. The van der Waals surface area contributed by atoms with Gasteiger partial charge in [-0.1, -0.05) is 12.1 Å². The Labute approximate surface area is 185 Å². The average molecular weight is 460 g/mol. The number of methoxy groups -OCH3 is 1. The van der Waals surface area contributed by atoms with Gasteiger partial charge >= 0.3 is 11.7 Å². The maximum Gasteiger partial charge on any atom is 0.420 e. The van der Waals surface area contributed by atoms with E-state index >= 15 is 0 Å². The highest BCUT2D eigenvalue weighted by atomic mass is 32.2. The van der Waals surface area contributed by atoms with Crippen LogP contribution in [0.15, 0.2) is 56.6 Å². The zero-order chi connectivity index (χ0) is 23.0. The van der Waals surface area contributed by atoms with E-state index in [9.17, 15) is 18.0 Å². The van der Waals surface area contributed by atoms with Gasteiger partial charge in [-0.15, -0.1) is 0 Å². The van der Waals surface area contributed by atoms with E-state index in [0.29, 0.717) is 25.2 Å². The van der Waals surface area contributed by atoms with Crippen LogP contribution in [0.3, 0.4) is 0 Å². The number of fused-ring (bicyclic) bond motifs is 1. The Morgan fingerprint density at radius 3 is 2.66 bits per heavy atom. The number of rotatable bonds is 5. The van der Waals surface area contributed by atoms with E-state index in [4.69, 9.17) is 4.42 Å². The molecule has 9 nitrogen and oxygen atoms in total. The van der Waals surface area contributed by atoms with Crippen LogP contribution in [0.4, 0.5) is 5.69 Å². The number of oxazole rings is 1. The lowest BCUT2D eigenvalue weighted by Gasteiger charge is -2.40. The van der Waals surface area contributed by atoms with Crippen molar-refractivity contribution < 1.29 is 22.4 Å². The average Bonchev–Trinajstić information content (AvgIpc) is 3.07. The van der Waals surface area contributed by atoms with Crippen molar-refractivity contribution in [3.63, 3.8) is 0 Å². The maximum absolute atomic E-state index is 13.3. The zero-order valence-electron chi connectivity index (χ0n) is 18.1. The molecule has 0 bridgehead atoms. The van der Waals surface area contributed by atoms with Crippen molar-refractivity contribution in [3.05, 3.63) is 58.6 Å². The molecule has 1 aromatic heterocycles. The van der Waals surface area contributed by atoms with Gasteiger partial charge in [-0.2, -0.15) is 4.31 Å². The molecule has 10 heteroatoms. The minimum absolute atomic E-state index is 0.0110. The second-order valence-corrected chi connectivity index (χ2v) is 9.84. The summed E-state index contributed by atoms with van der Waals surface area (Å²) >= 11 is 0. The van der Waals surface area contributed by atoms with Crippen LogP contribution in [0.25, 0.3) is 11.1 Å². The molecule has 1 saturated heterocycles. The molecule has 2 aromatic carbocycles. The highest BCUT2D eigenvalue weighted by molar-refractivity contribution is 7.89. The Hall–Kier alpha value is -3.11. The Kier molecular flexibility index (Phi) is 5.83. The number of aryl methyl sites for hydroxylation is 1. The van der Waals surface area contributed by atoms with E-state index in [0.717, 1.165) is 15.8 Å². The van der Waals surface area contributed by atoms with Crippen LogP contribution < -0.4 is 10.7 Å². The molecule has 0 spiro atoms. The summed E-state index contributed by atoms with van der Waals surface area (Å²) in [4.78, 5) is 25.9. The van der Waals surface area contributed by atoms with Crippen molar-refractivity contribution in [1.29, 1.82) is 0 Å². The van der Waals surface area contributed by atoms with Crippen molar-refractivity contribution >= 4 is 32.8 Å². The van der Waals surface area contributed by atoms with E-state index in [1.165, 1.54) is 29.6 Å². The summed E-state index contributed by atoms with van der Waals surface area (Å²) in [5, 5.41) is 0. The van der Waals surface area contributed by atoms with E-state index < -0.39 is 21.7 Å². The SMILES string of the molecule is COC(=O)Cn1c(=O)oc2cc(S(=O)(=O)N3CCN(c4cccc(C)c4)C(C)C3)ccc21. The maximum atomic E-state index is 13.3. The van der Waals surface area contributed by atoms with Gasteiger partial charge in [-0.25, -0.2) is 13.2 Å². The molecule has 4 rings (SSSR count). The lowest BCUT2D eigenvalue weighted by atomic mass is 10.1. The fourth-order valence-electron chi connectivity index (χ4n) is 4.03. The minimum Gasteiger partial charge on any atom is -0.468 e. The first-order chi connectivity index (χ1) is 15.2. The van der Waals surface area contributed by atoms with Crippen LogP contribution in [-0.4, -0.2) is 56.0 Å². The van der Waals surface area contributed by atoms with Crippen molar-refractivity contribution in [2.45, 2.75) is 31.3 Å². The number of hydrogen-bond acceptors (Lipinski definition) is 7. The lowest BCUT2D eigenvalue weighted by Crippen LogP contribution is -2.53. The predicted molar refractivity (Wildman–Crippen MR) is 119 cm³/mol. The van der Waals surface area contributed by atoms with Crippen molar-refractivity contribution in [3.8, 4) is 0 Å². The Balaban J connectivity index is 1.58. The van der Waals surface area contributed by atoms with E-state index in [1.54, 1.807) is 0 Å². The number of aromatic nitrogens is 1. The van der Waals surface area contributed by atoms with E-state index in [-0.39, 0.29) is 23.1 Å². The van der Waals surface area contributed by atoms with Crippen LogP contribution in [-0.2, 0) is 26.1 Å².